The van der Waals surface area contributed by atoms with Crippen LogP contribution in [0.1, 0.15) is 21.5 Å². The summed E-state index contributed by atoms with van der Waals surface area (Å²) in [5.74, 6) is -0.351. The third kappa shape index (κ3) is 5.08. The number of carbonyl (C=O) groups is 1. The second-order valence-corrected chi connectivity index (χ2v) is 9.64. The zero-order valence-corrected chi connectivity index (χ0v) is 18.1. The zero-order valence-electron chi connectivity index (χ0n) is 16.4. The maximum Gasteiger partial charge on any atom is 0.252 e. The molecule has 7 nitrogen and oxygen atoms in total. The normalized spacial score (nSPS) is 11.4. The van der Waals surface area contributed by atoms with Crippen molar-refractivity contribution >= 4 is 27.3 Å². The van der Waals surface area contributed by atoms with Crippen LogP contribution in [-0.2, 0) is 23.1 Å². The van der Waals surface area contributed by atoms with E-state index in [2.05, 4.69) is 34.7 Å². The van der Waals surface area contributed by atoms with Crippen molar-refractivity contribution in [2.24, 2.45) is 5.14 Å². The predicted octanol–water partition coefficient (Wildman–Crippen LogP) is 3.24. The van der Waals surface area contributed by atoms with Crippen LogP contribution in [0.4, 0.5) is 0 Å². The number of hydrogen-bond acceptors (Lipinski definition) is 5. The highest BCUT2D eigenvalue weighted by Gasteiger charge is 2.15. The highest BCUT2D eigenvalue weighted by atomic mass is 32.2. The molecule has 2 heterocycles. The highest BCUT2D eigenvalue weighted by Crippen LogP contribution is 2.25. The van der Waals surface area contributed by atoms with E-state index in [1.807, 2.05) is 41.2 Å². The summed E-state index contributed by atoms with van der Waals surface area (Å²) in [6.45, 7) is 1.01. The molecule has 2 aromatic heterocycles. The van der Waals surface area contributed by atoms with Gasteiger partial charge in [-0.2, -0.15) is 5.10 Å². The van der Waals surface area contributed by atoms with Gasteiger partial charge in [-0.15, -0.1) is 11.3 Å². The summed E-state index contributed by atoms with van der Waals surface area (Å²) in [5.41, 5.74) is 4.43. The Bertz CT molecular complexity index is 1290. The number of aromatic nitrogens is 2. The van der Waals surface area contributed by atoms with Gasteiger partial charge in [-0.25, -0.2) is 13.6 Å². The van der Waals surface area contributed by atoms with Crippen LogP contribution in [-0.4, -0.2) is 24.1 Å². The molecule has 0 saturated carbocycles. The van der Waals surface area contributed by atoms with E-state index >= 15 is 0 Å². The molecule has 4 aromatic rings. The van der Waals surface area contributed by atoms with Crippen LogP contribution < -0.4 is 10.5 Å². The van der Waals surface area contributed by atoms with Crippen molar-refractivity contribution in [3.63, 3.8) is 0 Å². The molecule has 0 radical (unpaired) electrons. The van der Waals surface area contributed by atoms with Crippen LogP contribution in [0, 0.1) is 0 Å². The SMILES string of the molecule is NS(=O)(=O)c1cc(C(=O)NCc2ccccc2-c2ccc(Cn3cccn3)cc2)cs1. The maximum atomic E-state index is 12.5. The summed E-state index contributed by atoms with van der Waals surface area (Å²) in [6, 6.07) is 19.2. The number of benzene rings is 2. The first-order chi connectivity index (χ1) is 14.9. The number of primary sulfonamides is 1. The van der Waals surface area contributed by atoms with Gasteiger partial charge in [0.2, 0.25) is 10.0 Å². The molecule has 0 aliphatic heterocycles. The van der Waals surface area contributed by atoms with Gasteiger partial charge >= 0.3 is 0 Å². The largest absolute Gasteiger partial charge is 0.348 e. The van der Waals surface area contributed by atoms with Crippen LogP contribution in [0.25, 0.3) is 11.1 Å². The fourth-order valence-corrected chi connectivity index (χ4v) is 4.77. The summed E-state index contributed by atoms with van der Waals surface area (Å²) in [4.78, 5) is 12.5. The van der Waals surface area contributed by atoms with Crippen LogP contribution in [0.2, 0.25) is 0 Å². The molecule has 0 aliphatic carbocycles. The number of hydrogen-bond donors (Lipinski definition) is 2. The molecule has 9 heteroatoms. The van der Waals surface area contributed by atoms with Crippen LogP contribution in [0.5, 0.6) is 0 Å². The first-order valence-electron chi connectivity index (χ1n) is 9.44. The van der Waals surface area contributed by atoms with E-state index in [4.69, 9.17) is 5.14 Å². The Labute approximate surface area is 184 Å². The average Bonchev–Trinajstić information content (AvgIpc) is 3.45. The minimum absolute atomic E-state index is 0.0340. The highest BCUT2D eigenvalue weighted by molar-refractivity contribution is 7.91. The van der Waals surface area contributed by atoms with E-state index in [1.54, 1.807) is 6.20 Å². The van der Waals surface area contributed by atoms with Gasteiger partial charge in [-0.1, -0.05) is 48.5 Å². The van der Waals surface area contributed by atoms with Crippen LogP contribution in [0.15, 0.2) is 82.6 Å². The Morgan fingerprint density at radius 3 is 2.55 bits per heavy atom. The molecule has 3 N–H and O–H groups in total. The first kappa shape index (κ1) is 21.0. The summed E-state index contributed by atoms with van der Waals surface area (Å²) in [5, 5.41) is 13.7. The molecule has 4 rings (SSSR count). The fraction of sp³-hybridized carbons (Fsp3) is 0.0909. The number of rotatable bonds is 7. The zero-order chi connectivity index (χ0) is 21.8. The Balaban J connectivity index is 1.47. The Morgan fingerprint density at radius 1 is 1.10 bits per heavy atom. The van der Waals surface area contributed by atoms with Crippen LogP contribution >= 0.6 is 11.3 Å². The van der Waals surface area contributed by atoms with Crippen molar-refractivity contribution < 1.29 is 13.2 Å². The molecule has 0 atom stereocenters. The molecule has 0 saturated heterocycles. The Morgan fingerprint density at radius 2 is 1.87 bits per heavy atom. The molecule has 2 aromatic carbocycles. The van der Waals surface area contributed by atoms with Crippen molar-refractivity contribution in [3.8, 4) is 11.1 Å². The van der Waals surface area contributed by atoms with Crippen molar-refractivity contribution in [1.82, 2.24) is 15.1 Å². The second-order valence-electron chi connectivity index (χ2n) is 6.94. The van der Waals surface area contributed by atoms with E-state index in [0.29, 0.717) is 13.1 Å². The van der Waals surface area contributed by atoms with Gasteiger partial charge in [0.25, 0.3) is 5.91 Å². The molecule has 0 aliphatic rings. The lowest BCUT2D eigenvalue weighted by atomic mass is 9.98. The summed E-state index contributed by atoms with van der Waals surface area (Å²) in [7, 11) is -3.81. The first-order valence-corrected chi connectivity index (χ1v) is 11.9. The molecule has 0 bridgehead atoms. The van der Waals surface area contributed by atoms with E-state index < -0.39 is 10.0 Å². The van der Waals surface area contributed by atoms with E-state index in [0.717, 1.165) is 33.6 Å². The average molecular weight is 453 g/mol. The number of carbonyl (C=O) groups excluding carboxylic acids is 1. The third-order valence-corrected chi connectivity index (χ3v) is 7.13. The number of nitrogens with zero attached hydrogens (tertiary/aromatic N) is 2. The summed E-state index contributed by atoms with van der Waals surface area (Å²) >= 11 is 0.929. The van der Waals surface area contributed by atoms with E-state index in [9.17, 15) is 13.2 Å². The molecule has 0 spiro atoms. The van der Waals surface area contributed by atoms with Crippen molar-refractivity contribution in [2.45, 2.75) is 17.3 Å². The van der Waals surface area contributed by atoms with Gasteiger partial charge < -0.3 is 5.32 Å². The second kappa shape index (κ2) is 8.84. The van der Waals surface area contributed by atoms with E-state index in [1.165, 1.54) is 11.4 Å². The van der Waals surface area contributed by atoms with Gasteiger partial charge in [0.1, 0.15) is 4.21 Å². The monoisotopic (exact) mass is 452 g/mol. The number of amides is 1. The lowest BCUT2D eigenvalue weighted by Crippen LogP contribution is -2.22. The van der Waals surface area contributed by atoms with Gasteiger partial charge in [-0.3, -0.25) is 9.48 Å². The molecule has 0 unspecified atom stereocenters. The molecule has 158 valence electrons. The van der Waals surface area contributed by atoms with Crippen molar-refractivity contribution in [1.29, 1.82) is 0 Å². The van der Waals surface area contributed by atoms with Gasteiger partial charge in [0.15, 0.2) is 0 Å². The Hall–Kier alpha value is -3.27. The maximum absolute atomic E-state index is 12.5. The minimum Gasteiger partial charge on any atom is -0.348 e. The lowest BCUT2D eigenvalue weighted by Gasteiger charge is -2.11. The summed E-state index contributed by atoms with van der Waals surface area (Å²) < 4.78 is 24.7. The number of thiophene rings is 1. The molecule has 0 fully saturated rings. The lowest BCUT2D eigenvalue weighted by molar-refractivity contribution is 0.0951. The van der Waals surface area contributed by atoms with Crippen molar-refractivity contribution in [2.75, 3.05) is 0 Å². The third-order valence-electron chi connectivity index (χ3n) is 4.74. The van der Waals surface area contributed by atoms with Crippen molar-refractivity contribution in [3.05, 3.63) is 95.1 Å². The fourth-order valence-electron chi connectivity index (χ4n) is 3.19. The number of nitrogens with two attached hydrogens (primary N) is 1. The Kier molecular flexibility index (Phi) is 5.99. The quantitative estimate of drug-likeness (QED) is 0.449. The minimum atomic E-state index is -3.81. The molecule has 1 amide bonds. The van der Waals surface area contributed by atoms with Gasteiger partial charge in [0.05, 0.1) is 12.1 Å². The smallest absolute Gasteiger partial charge is 0.252 e. The standard InChI is InChI=1S/C22H20N4O3S2/c23-31(28,29)21-12-19(15-30-21)22(27)24-13-18-4-1-2-5-20(18)17-8-6-16(7-9-17)14-26-11-3-10-25-26/h1-12,15H,13-14H2,(H,24,27)(H2,23,28,29). The molecular weight excluding hydrogens is 432 g/mol. The van der Waals surface area contributed by atoms with E-state index in [-0.39, 0.29) is 15.7 Å². The molecule has 31 heavy (non-hydrogen) atoms. The summed E-state index contributed by atoms with van der Waals surface area (Å²) in [6.07, 6.45) is 3.68. The molecular formula is C22H20N4O3S2. The predicted molar refractivity (Wildman–Crippen MR) is 120 cm³/mol. The number of sulfonamides is 1. The van der Waals surface area contributed by atoms with Gasteiger partial charge in [0, 0.05) is 24.3 Å². The topological polar surface area (TPSA) is 107 Å². The van der Waals surface area contributed by atoms with Crippen LogP contribution in [0.3, 0.4) is 0 Å². The number of nitrogens with one attached hydrogen (secondary N) is 1. The van der Waals surface area contributed by atoms with Gasteiger partial charge in [-0.05, 0) is 34.4 Å².